The molecule has 3 nitrogen and oxygen atoms in total. The lowest BCUT2D eigenvalue weighted by Crippen LogP contribution is -2.32. The Morgan fingerprint density at radius 3 is 3.00 bits per heavy atom. The Morgan fingerprint density at radius 1 is 1.82 bits per heavy atom. The van der Waals surface area contributed by atoms with Crippen LogP contribution in [0.5, 0.6) is 0 Å². The first kappa shape index (κ1) is 8.24. The fourth-order valence-corrected chi connectivity index (χ4v) is 1.12. The molecule has 1 heterocycles. The molecule has 0 aromatic carbocycles. The normalized spacial score (nSPS) is 28.9. The maximum Gasteiger partial charge on any atom is 0.333 e. The summed E-state index contributed by atoms with van der Waals surface area (Å²) < 4.78 is 4.88. The maximum absolute atomic E-state index is 11.2. The van der Waals surface area contributed by atoms with Crippen LogP contribution in [0.1, 0.15) is 26.7 Å². The van der Waals surface area contributed by atoms with Crippen molar-refractivity contribution in [3.05, 3.63) is 0 Å². The monoisotopic (exact) mass is 155 g/mol. The average Bonchev–Trinajstić information content (AvgIpc) is 2.38. The Labute approximate surface area is 66.5 Å². The van der Waals surface area contributed by atoms with Crippen molar-refractivity contribution in [3.63, 3.8) is 0 Å². The van der Waals surface area contributed by atoms with Gasteiger partial charge in [-0.2, -0.15) is 0 Å². The Morgan fingerprint density at radius 2 is 2.55 bits per heavy atom. The van der Waals surface area contributed by atoms with E-state index in [0.717, 1.165) is 12.8 Å². The first-order valence-electron chi connectivity index (χ1n) is 3.90. The van der Waals surface area contributed by atoms with E-state index in [2.05, 4.69) is 4.99 Å². The van der Waals surface area contributed by atoms with E-state index in [4.69, 9.17) is 4.74 Å². The van der Waals surface area contributed by atoms with Crippen LogP contribution in [-0.4, -0.2) is 24.3 Å². The molecule has 3 heteroatoms. The summed E-state index contributed by atoms with van der Waals surface area (Å²) in [6.07, 6.45) is 3.46. The van der Waals surface area contributed by atoms with Gasteiger partial charge in [0.1, 0.15) is 0 Å². The fraction of sp³-hybridized carbons (Fsp3) is 0.750. The van der Waals surface area contributed by atoms with Crippen LogP contribution in [0.15, 0.2) is 4.99 Å². The summed E-state index contributed by atoms with van der Waals surface area (Å²) in [5.41, 5.74) is -0.587. The molecule has 0 radical (unpaired) electrons. The Balaban J connectivity index is 2.57. The zero-order valence-corrected chi connectivity index (χ0v) is 6.96. The highest BCUT2D eigenvalue weighted by Gasteiger charge is 2.35. The number of hydrogen-bond acceptors (Lipinski definition) is 3. The van der Waals surface area contributed by atoms with Crippen LogP contribution in [0.3, 0.4) is 0 Å². The van der Waals surface area contributed by atoms with E-state index in [1.807, 2.05) is 6.92 Å². The smallest absolute Gasteiger partial charge is 0.333 e. The van der Waals surface area contributed by atoms with Gasteiger partial charge in [-0.05, 0) is 26.7 Å². The van der Waals surface area contributed by atoms with Gasteiger partial charge in [-0.25, -0.2) is 4.79 Å². The molecule has 1 atom stereocenters. The van der Waals surface area contributed by atoms with Gasteiger partial charge in [-0.15, -0.1) is 0 Å². The van der Waals surface area contributed by atoms with Gasteiger partial charge in [0.05, 0.1) is 6.61 Å². The molecule has 0 aliphatic carbocycles. The lowest BCUT2D eigenvalue weighted by Gasteiger charge is -2.17. The third-order valence-electron chi connectivity index (χ3n) is 1.85. The summed E-state index contributed by atoms with van der Waals surface area (Å²) in [4.78, 5) is 15.3. The van der Waals surface area contributed by atoms with E-state index in [-0.39, 0.29) is 5.97 Å². The van der Waals surface area contributed by atoms with Crippen LogP contribution in [0.4, 0.5) is 0 Å². The molecule has 1 aliphatic rings. The lowest BCUT2D eigenvalue weighted by molar-refractivity contribution is -0.148. The molecule has 1 unspecified atom stereocenters. The van der Waals surface area contributed by atoms with Gasteiger partial charge >= 0.3 is 5.97 Å². The number of esters is 1. The second-order valence-corrected chi connectivity index (χ2v) is 2.84. The standard InChI is InChI=1S/C8H13NO2/c1-3-11-7(10)8(2)5-4-6-9-8/h6H,3-5H2,1-2H3. The summed E-state index contributed by atoms with van der Waals surface area (Å²) in [6.45, 7) is 4.05. The van der Waals surface area contributed by atoms with E-state index in [1.54, 1.807) is 13.1 Å². The largest absolute Gasteiger partial charge is 0.464 e. The first-order valence-corrected chi connectivity index (χ1v) is 3.90. The molecule has 0 spiro atoms. The zero-order chi connectivity index (χ0) is 8.32. The van der Waals surface area contributed by atoms with Crippen molar-refractivity contribution < 1.29 is 9.53 Å². The fourth-order valence-electron chi connectivity index (χ4n) is 1.12. The average molecular weight is 155 g/mol. The van der Waals surface area contributed by atoms with Gasteiger partial charge in [0.15, 0.2) is 5.54 Å². The molecule has 0 aromatic rings. The highest BCUT2D eigenvalue weighted by molar-refractivity contribution is 5.84. The van der Waals surface area contributed by atoms with Crippen LogP contribution in [-0.2, 0) is 9.53 Å². The van der Waals surface area contributed by atoms with Crippen LogP contribution in [0, 0.1) is 0 Å². The number of rotatable bonds is 2. The van der Waals surface area contributed by atoms with E-state index in [9.17, 15) is 4.79 Å². The molecule has 0 N–H and O–H groups in total. The lowest BCUT2D eigenvalue weighted by atomic mass is 10.0. The highest BCUT2D eigenvalue weighted by atomic mass is 16.5. The first-order chi connectivity index (χ1) is 5.19. The van der Waals surface area contributed by atoms with Crippen molar-refractivity contribution in [1.82, 2.24) is 0 Å². The molecular formula is C8H13NO2. The van der Waals surface area contributed by atoms with E-state index in [1.165, 1.54) is 0 Å². The number of aliphatic imine (C=N–C) groups is 1. The number of carbonyl (C=O) groups is 1. The highest BCUT2D eigenvalue weighted by Crippen LogP contribution is 2.23. The van der Waals surface area contributed by atoms with Gasteiger partial charge in [0, 0.05) is 6.21 Å². The minimum atomic E-state index is -0.587. The summed E-state index contributed by atoms with van der Waals surface area (Å²) in [5, 5.41) is 0. The molecule has 0 amide bonds. The summed E-state index contributed by atoms with van der Waals surface area (Å²) in [5.74, 6) is -0.200. The molecule has 0 fully saturated rings. The zero-order valence-electron chi connectivity index (χ0n) is 6.96. The number of hydrogen-bond donors (Lipinski definition) is 0. The van der Waals surface area contributed by atoms with Crippen LogP contribution in [0.25, 0.3) is 0 Å². The van der Waals surface area contributed by atoms with Crippen molar-refractivity contribution in [2.45, 2.75) is 32.2 Å². The molecule has 0 saturated carbocycles. The third-order valence-corrected chi connectivity index (χ3v) is 1.85. The van der Waals surface area contributed by atoms with Gasteiger partial charge < -0.3 is 4.74 Å². The van der Waals surface area contributed by atoms with Gasteiger partial charge in [-0.3, -0.25) is 4.99 Å². The molecule has 62 valence electrons. The van der Waals surface area contributed by atoms with Crippen LogP contribution in [0.2, 0.25) is 0 Å². The third kappa shape index (κ3) is 1.59. The summed E-state index contributed by atoms with van der Waals surface area (Å²) in [7, 11) is 0. The van der Waals surface area contributed by atoms with E-state index < -0.39 is 5.54 Å². The summed E-state index contributed by atoms with van der Waals surface area (Å²) >= 11 is 0. The van der Waals surface area contributed by atoms with Crippen molar-refractivity contribution in [2.75, 3.05) is 6.61 Å². The second kappa shape index (κ2) is 3.03. The van der Waals surface area contributed by atoms with Gasteiger partial charge in [-0.1, -0.05) is 0 Å². The second-order valence-electron chi connectivity index (χ2n) is 2.84. The van der Waals surface area contributed by atoms with Gasteiger partial charge in [0.2, 0.25) is 0 Å². The topological polar surface area (TPSA) is 38.7 Å². The van der Waals surface area contributed by atoms with Crippen molar-refractivity contribution >= 4 is 12.2 Å². The van der Waals surface area contributed by atoms with Crippen molar-refractivity contribution in [1.29, 1.82) is 0 Å². The SMILES string of the molecule is CCOC(=O)C1(C)CCC=N1. The number of carbonyl (C=O) groups excluding carboxylic acids is 1. The molecule has 1 rings (SSSR count). The molecule has 0 aromatic heterocycles. The maximum atomic E-state index is 11.2. The summed E-state index contributed by atoms with van der Waals surface area (Å²) in [6, 6.07) is 0. The quantitative estimate of drug-likeness (QED) is 0.561. The molecule has 11 heavy (non-hydrogen) atoms. The number of ether oxygens (including phenoxy) is 1. The van der Waals surface area contributed by atoms with E-state index in [0.29, 0.717) is 6.61 Å². The molecular weight excluding hydrogens is 142 g/mol. The van der Waals surface area contributed by atoms with Gasteiger partial charge in [0.25, 0.3) is 0 Å². The van der Waals surface area contributed by atoms with Crippen molar-refractivity contribution in [3.8, 4) is 0 Å². The number of nitrogens with zero attached hydrogens (tertiary/aromatic N) is 1. The minimum absolute atomic E-state index is 0.200. The Kier molecular flexibility index (Phi) is 2.27. The Hall–Kier alpha value is -0.860. The molecule has 0 bridgehead atoms. The predicted octanol–water partition coefficient (Wildman–Crippen LogP) is 1.17. The molecule has 1 aliphatic heterocycles. The Bertz CT molecular complexity index is 189. The van der Waals surface area contributed by atoms with Crippen LogP contribution < -0.4 is 0 Å². The minimum Gasteiger partial charge on any atom is -0.464 e. The molecule has 0 saturated heterocycles. The van der Waals surface area contributed by atoms with Crippen molar-refractivity contribution in [2.24, 2.45) is 4.99 Å². The predicted molar refractivity (Wildman–Crippen MR) is 42.8 cm³/mol. The van der Waals surface area contributed by atoms with E-state index >= 15 is 0 Å². The van der Waals surface area contributed by atoms with Crippen LogP contribution >= 0.6 is 0 Å².